The maximum absolute atomic E-state index is 12.1. The average molecular weight is 516 g/mol. The molecule has 0 unspecified atom stereocenters. The largest absolute Gasteiger partial charge is 0.492 e. The van der Waals surface area contributed by atoms with Crippen LogP contribution in [0.1, 0.15) is 11.1 Å². The molecule has 4 rings (SSSR count). The summed E-state index contributed by atoms with van der Waals surface area (Å²) in [7, 11) is 0. The molecule has 158 valence electrons. The van der Waals surface area contributed by atoms with Crippen molar-refractivity contribution in [1.29, 1.82) is 0 Å². The zero-order valence-electron chi connectivity index (χ0n) is 16.3. The number of rotatable bonds is 8. The van der Waals surface area contributed by atoms with E-state index < -0.39 is 0 Å². The molecular formula is C22H18BrN3O3S2. The molecule has 9 heteroatoms. The Balaban J connectivity index is 1.54. The first-order valence-electron chi connectivity index (χ1n) is 9.42. The number of hydrogen-bond donors (Lipinski definition) is 1. The molecule has 0 aliphatic carbocycles. The van der Waals surface area contributed by atoms with E-state index >= 15 is 0 Å². The number of nitrogens with one attached hydrogen (secondary N) is 1. The van der Waals surface area contributed by atoms with Gasteiger partial charge in [0.15, 0.2) is 0 Å². The number of imidazole rings is 1. The summed E-state index contributed by atoms with van der Waals surface area (Å²) in [5.74, 6) is 1.10. The molecule has 2 heterocycles. The molecule has 1 aliphatic heterocycles. The molecule has 1 saturated heterocycles. The summed E-state index contributed by atoms with van der Waals surface area (Å²) in [6.07, 6.45) is 7.15. The van der Waals surface area contributed by atoms with Crippen LogP contribution in [0.2, 0.25) is 0 Å². The highest BCUT2D eigenvalue weighted by Crippen LogP contribution is 2.32. The number of nitrogens with zero attached hydrogens (tertiary/aromatic N) is 2. The number of benzene rings is 2. The first-order chi connectivity index (χ1) is 15.1. The van der Waals surface area contributed by atoms with E-state index in [0.717, 1.165) is 15.6 Å². The summed E-state index contributed by atoms with van der Waals surface area (Å²) in [5, 5.41) is 2.63. The highest BCUT2D eigenvalue weighted by Gasteiger charge is 2.22. The van der Waals surface area contributed by atoms with Crippen LogP contribution in [0.25, 0.3) is 6.08 Å². The molecule has 2 aromatic carbocycles. The monoisotopic (exact) mass is 515 g/mol. The van der Waals surface area contributed by atoms with Crippen molar-refractivity contribution >= 4 is 56.2 Å². The number of carbonyl (C=O) groups excluding carboxylic acids is 1. The van der Waals surface area contributed by atoms with Gasteiger partial charge in [0.25, 0.3) is 5.91 Å². The van der Waals surface area contributed by atoms with Gasteiger partial charge < -0.3 is 19.4 Å². The molecule has 0 radical (unpaired) electrons. The maximum atomic E-state index is 12.1. The Bertz CT molecular complexity index is 1130. The summed E-state index contributed by atoms with van der Waals surface area (Å²) in [4.78, 5) is 16.6. The lowest BCUT2D eigenvalue weighted by molar-refractivity contribution is -0.115. The molecule has 1 aliphatic rings. The van der Waals surface area contributed by atoms with Gasteiger partial charge >= 0.3 is 0 Å². The van der Waals surface area contributed by atoms with Gasteiger partial charge in [-0.05, 0) is 24.3 Å². The van der Waals surface area contributed by atoms with Crippen LogP contribution in [0, 0.1) is 0 Å². The van der Waals surface area contributed by atoms with Gasteiger partial charge in [0.1, 0.15) is 29.0 Å². The van der Waals surface area contributed by atoms with Crippen molar-refractivity contribution in [2.45, 2.75) is 13.2 Å². The van der Waals surface area contributed by atoms with E-state index in [1.165, 1.54) is 11.8 Å². The second-order valence-electron chi connectivity index (χ2n) is 6.58. The maximum Gasteiger partial charge on any atom is 0.263 e. The predicted molar refractivity (Wildman–Crippen MR) is 129 cm³/mol. The second kappa shape index (κ2) is 10.1. The van der Waals surface area contributed by atoms with E-state index in [1.54, 1.807) is 18.6 Å². The van der Waals surface area contributed by atoms with Crippen LogP contribution in [0.4, 0.5) is 0 Å². The lowest BCUT2D eigenvalue weighted by atomic mass is 10.1. The van der Waals surface area contributed by atoms with Gasteiger partial charge in [-0.3, -0.25) is 4.79 Å². The van der Waals surface area contributed by atoms with E-state index in [4.69, 9.17) is 21.7 Å². The predicted octanol–water partition coefficient (Wildman–Crippen LogP) is 4.79. The van der Waals surface area contributed by atoms with Gasteiger partial charge in [0.2, 0.25) is 0 Å². The zero-order valence-corrected chi connectivity index (χ0v) is 19.5. The highest BCUT2D eigenvalue weighted by atomic mass is 79.9. The molecule has 31 heavy (non-hydrogen) atoms. The third kappa shape index (κ3) is 5.75. The lowest BCUT2D eigenvalue weighted by Crippen LogP contribution is -2.17. The number of amides is 1. The van der Waals surface area contributed by atoms with Gasteiger partial charge in [-0.2, -0.15) is 0 Å². The van der Waals surface area contributed by atoms with Gasteiger partial charge in [0.05, 0.1) is 17.8 Å². The third-order valence-electron chi connectivity index (χ3n) is 4.43. The molecule has 0 bridgehead atoms. The second-order valence-corrected chi connectivity index (χ2v) is 9.15. The summed E-state index contributed by atoms with van der Waals surface area (Å²) >= 11 is 9.87. The fourth-order valence-electron chi connectivity index (χ4n) is 2.87. The molecule has 0 saturated carbocycles. The minimum Gasteiger partial charge on any atom is -0.492 e. The van der Waals surface area contributed by atoms with E-state index in [-0.39, 0.29) is 5.91 Å². The van der Waals surface area contributed by atoms with E-state index in [0.29, 0.717) is 40.5 Å². The lowest BCUT2D eigenvalue weighted by Gasteiger charge is -2.13. The van der Waals surface area contributed by atoms with Gasteiger partial charge in [0, 0.05) is 34.1 Å². The molecule has 1 fully saturated rings. The highest BCUT2D eigenvalue weighted by molar-refractivity contribution is 9.10. The third-order valence-corrected chi connectivity index (χ3v) is 6.37. The van der Waals surface area contributed by atoms with Gasteiger partial charge in [-0.1, -0.05) is 58.1 Å². The summed E-state index contributed by atoms with van der Waals surface area (Å²) < 4.78 is 15.4. The molecular weight excluding hydrogens is 498 g/mol. The number of hydrogen-bond acceptors (Lipinski definition) is 6. The molecule has 1 amide bonds. The number of carbonyl (C=O) groups is 1. The molecule has 1 N–H and O–H groups in total. The van der Waals surface area contributed by atoms with Crippen molar-refractivity contribution in [2.24, 2.45) is 0 Å². The Morgan fingerprint density at radius 3 is 2.84 bits per heavy atom. The minimum atomic E-state index is -0.201. The molecule has 3 aromatic rings. The molecule has 0 spiro atoms. The first-order valence-corrected chi connectivity index (χ1v) is 11.4. The van der Waals surface area contributed by atoms with Gasteiger partial charge in [-0.15, -0.1) is 0 Å². The molecule has 1 aromatic heterocycles. The number of ether oxygens (including phenoxy) is 2. The first kappa shape index (κ1) is 21.6. The van der Waals surface area contributed by atoms with Crippen molar-refractivity contribution in [2.75, 3.05) is 6.61 Å². The van der Waals surface area contributed by atoms with Crippen molar-refractivity contribution in [3.8, 4) is 11.5 Å². The van der Waals surface area contributed by atoms with Crippen molar-refractivity contribution in [3.05, 3.63) is 81.7 Å². The summed E-state index contributed by atoms with van der Waals surface area (Å²) in [6.45, 7) is 1.55. The minimum absolute atomic E-state index is 0.201. The Hall–Kier alpha value is -2.62. The van der Waals surface area contributed by atoms with E-state index in [9.17, 15) is 4.79 Å². The summed E-state index contributed by atoms with van der Waals surface area (Å²) in [6, 6.07) is 13.5. The number of aromatic nitrogens is 2. The Morgan fingerprint density at radius 2 is 2.10 bits per heavy atom. The Morgan fingerprint density at radius 1 is 1.23 bits per heavy atom. The van der Waals surface area contributed by atoms with Crippen LogP contribution >= 0.6 is 39.9 Å². The Kier molecular flexibility index (Phi) is 7.06. The van der Waals surface area contributed by atoms with Crippen LogP contribution in [0.5, 0.6) is 11.5 Å². The molecule has 0 atom stereocenters. The quantitative estimate of drug-likeness (QED) is 0.343. The van der Waals surface area contributed by atoms with Crippen LogP contribution in [-0.2, 0) is 17.9 Å². The fraction of sp³-hybridized carbons (Fsp3) is 0.136. The standard InChI is InChI=1S/C22H18BrN3O3S2/c23-18-4-2-1-3-16(18)13-29-19-12-17(28-10-9-26-8-7-24-14-26)6-5-15(19)11-20-21(27)25-22(30)31-20/h1-8,11-12,14H,9-10,13H2,(H,25,27,30). The van der Waals surface area contributed by atoms with Crippen LogP contribution < -0.4 is 14.8 Å². The number of thioether (sulfide) groups is 1. The van der Waals surface area contributed by atoms with Crippen molar-refractivity contribution in [1.82, 2.24) is 14.9 Å². The topological polar surface area (TPSA) is 65.4 Å². The summed E-state index contributed by atoms with van der Waals surface area (Å²) in [5.41, 5.74) is 1.79. The number of thiocarbonyl (C=S) groups is 1. The zero-order chi connectivity index (χ0) is 21.6. The average Bonchev–Trinajstić information content (AvgIpc) is 3.38. The van der Waals surface area contributed by atoms with Crippen molar-refractivity contribution in [3.63, 3.8) is 0 Å². The smallest absolute Gasteiger partial charge is 0.263 e. The SMILES string of the molecule is O=C1NC(=S)SC1=Cc1ccc(OCCn2ccnc2)cc1OCc1ccccc1Br. The number of halogens is 1. The normalized spacial score (nSPS) is 14.7. The van der Waals surface area contributed by atoms with Crippen LogP contribution in [-0.4, -0.2) is 26.4 Å². The van der Waals surface area contributed by atoms with Gasteiger partial charge in [-0.25, -0.2) is 4.98 Å². The fourth-order valence-corrected chi connectivity index (χ4v) is 4.30. The van der Waals surface area contributed by atoms with Crippen molar-refractivity contribution < 1.29 is 14.3 Å². The Labute approximate surface area is 197 Å². The van der Waals surface area contributed by atoms with E-state index in [2.05, 4.69) is 26.2 Å². The molecule has 6 nitrogen and oxygen atoms in total. The van der Waals surface area contributed by atoms with Crippen LogP contribution in [0.15, 0.2) is 70.6 Å². The van der Waals surface area contributed by atoms with Crippen LogP contribution in [0.3, 0.4) is 0 Å². The van der Waals surface area contributed by atoms with E-state index in [1.807, 2.05) is 53.2 Å².